The third-order valence-corrected chi connectivity index (χ3v) is 7.10. The summed E-state index contributed by atoms with van der Waals surface area (Å²) >= 11 is 3.26. The lowest BCUT2D eigenvalue weighted by atomic mass is 9.88. The van der Waals surface area contributed by atoms with E-state index < -0.39 is 44.6 Å². The predicted octanol–water partition coefficient (Wildman–Crippen LogP) is 4.31. The Morgan fingerprint density at radius 3 is 2.50 bits per heavy atom. The van der Waals surface area contributed by atoms with Crippen LogP contribution < -0.4 is 4.31 Å². The van der Waals surface area contributed by atoms with Crippen molar-refractivity contribution < 1.29 is 31.5 Å². The van der Waals surface area contributed by atoms with E-state index in [9.17, 15) is 31.5 Å². The zero-order chi connectivity index (χ0) is 20.9. The van der Waals surface area contributed by atoms with Crippen molar-refractivity contribution in [2.24, 2.45) is 5.92 Å². The number of aliphatic carboxylic acids is 1. The van der Waals surface area contributed by atoms with E-state index in [2.05, 4.69) is 15.9 Å². The van der Waals surface area contributed by atoms with Crippen molar-refractivity contribution >= 4 is 37.6 Å². The lowest BCUT2D eigenvalue weighted by Gasteiger charge is -2.39. The van der Waals surface area contributed by atoms with Crippen molar-refractivity contribution in [3.05, 3.63) is 58.1 Å². The van der Waals surface area contributed by atoms with Gasteiger partial charge in [0.25, 0.3) is 10.0 Å². The highest BCUT2D eigenvalue weighted by Gasteiger charge is 2.42. The molecule has 2 aromatic carbocycles. The molecule has 0 saturated carbocycles. The summed E-state index contributed by atoms with van der Waals surface area (Å²) in [4.78, 5) is 11.1. The Labute approximate surface area is 168 Å². The van der Waals surface area contributed by atoms with Crippen LogP contribution in [0.5, 0.6) is 0 Å². The van der Waals surface area contributed by atoms with Crippen LogP contribution in [-0.4, -0.2) is 25.5 Å². The topological polar surface area (TPSA) is 74.7 Å². The Kier molecular flexibility index (Phi) is 5.22. The fourth-order valence-electron chi connectivity index (χ4n) is 3.29. The number of hydrogen-bond donors (Lipinski definition) is 1. The highest BCUT2D eigenvalue weighted by Crippen LogP contribution is 2.40. The number of carbonyl (C=O) groups is 1. The molecule has 3 rings (SSSR count). The van der Waals surface area contributed by atoms with E-state index in [1.807, 2.05) is 0 Å². The van der Waals surface area contributed by atoms with E-state index in [4.69, 9.17) is 0 Å². The molecule has 0 aliphatic carbocycles. The van der Waals surface area contributed by atoms with Crippen LogP contribution in [-0.2, 0) is 27.4 Å². The maximum Gasteiger partial charge on any atom is 0.416 e. The Hall–Kier alpha value is -2.07. The van der Waals surface area contributed by atoms with Gasteiger partial charge in [-0.15, -0.1) is 0 Å². The van der Waals surface area contributed by atoms with Gasteiger partial charge in [-0.25, -0.2) is 8.42 Å². The van der Waals surface area contributed by atoms with Gasteiger partial charge in [-0.05, 0) is 49.2 Å². The van der Waals surface area contributed by atoms with Gasteiger partial charge in [0.05, 0.1) is 28.1 Å². The van der Waals surface area contributed by atoms with E-state index in [1.54, 1.807) is 12.1 Å². The lowest BCUT2D eigenvalue weighted by Crippen LogP contribution is -2.49. The van der Waals surface area contributed by atoms with Gasteiger partial charge in [0.2, 0.25) is 0 Å². The second-order valence-corrected chi connectivity index (χ2v) is 9.22. The average molecular weight is 478 g/mol. The third-order valence-electron chi connectivity index (χ3n) is 4.71. The first-order valence-electron chi connectivity index (χ1n) is 8.16. The van der Waals surface area contributed by atoms with Crippen LogP contribution in [0.25, 0.3) is 0 Å². The Bertz CT molecular complexity index is 1040. The first-order valence-corrected chi connectivity index (χ1v) is 10.4. The quantitative estimate of drug-likeness (QED) is 0.714. The molecule has 10 heteroatoms. The molecule has 0 unspecified atom stereocenters. The van der Waals surface area contributed by atoms with Crippen molar-refractivity contribution in [3.63, 3.8) is 0 Å². The van der Waals surface area contributed by atoms with Gasteiger partial charge in [-0.3, -0.25) is 9.10 Å². The Balaban J connectivity index is 2.20. The van der Waals surface area contributed by atoms with Gasteiger partial charge in [-0.1, -0.05) is 28.1 Å². The third kappa shape index (κ3) is 3.62. The monoisotopic (exact) mass is 477 g/mol. The number of hydrogen-bond acceptors (Lipinski definition) is 3. The number of fused-ring (bicyclic) bond motifs is 1. The molecule has 0 fully saturated rings. The number of carboxylic acid groups (broad SMARTS) is 1. The fourth-order valence-corrected chi connectivity index (χ4v) is 5.41. The molecule has 28 heavy (non-hydrogen) atoms. The highest BCUT2D eigenvalue weighted by atomic mass is 79.9. The van der Waals surface area contributed by atoms with Gasteiger partial charge < -0.3 is 5.11 Å². The molecule has 0 aromatic heterocycles. The Morgan fingerprint density at radius 2 is 1.89 bits per heavy atom. The van der Waals surface area contributed by atoms with E-state index in [0.717, 1.165) is 22.5 Å². The normalized spacial score (nSPS) is 20.0. The second-order valence-electron chi connectivity index (χ2n) is 6.49. The summed E-state index contributed by atoms with van der Waals surface area (Å²) in [6.07, 6.45) is -4.59. The number of rotatable bonds is 3. The number of halogens is 4. The molecule has 1 N–H and O–H groups in total. The minimum absolute atomic E-state index is 0.119. The molecule has 0 amide bonds. The van der Waals surface area contributed by atoms with Crippen molar-refractivity contribution in [3.8, 4) is 0 Å². The Morgan fingerprint density at radius 1 is 1.21 bits per heavy atom. The first kappa shape index (κ1) is 20.7. The molecule has 0 radical (unpaired) electrons. The summed E-state index contributed by atoms with van der Waals surface area (Å²) in [5, 5.41) is 9.51. The second kappa shape index (κ2) is 7.07. The van der Waals surface area contributed by atoms with Gasteiger partial charge >= 0.3 is 12.1 Å². The molecule has 0 spiro atoms. The smallest absolute Gasteiger partial charge is 0.416 e. The molecule has 1 heterocycles. The van der Waals surface area contributed by atoms with Crippen LogP contribution >= 0.6 is 15.9 Å². The summed E-state index contributed by atoms with van der Waals surface area (Å²) in [6.45, 7) is 1.44. The minimum atomic E-state index is -4.70. The summed E-state index contributed by atoms with van der Waals surface area (Å²) in [7, 11) is -4.44. The summed E-state index contributed by atoms with van der Waals surface area (Å²) in [5.74, 6) is -2.21. The maximum atomic E-state index is 13.3. The van der Waals surface area contributed by atoms with Crippen LogP contribution in [0, 0.1) is 5.92 Å². The molecule has 1 aliphatic heterocycles. The minimum Gasteiger partial charge on any atom is -0.481 e. The first-order chi connectivity index (χ1) is 12.9. The SMILES string of the molecule is C[C@@H]1[C@H](C(=O)O)Cc2ccc(Br)cc2N1S(=O)(=O)c1cccc(C(F)(F)F)c1. The van der Waals surface area contributed by atoms with E-state index in [-0.39, 0.29) is 12.1 Å². The molecular weight excluding hydrogens is 463 g/mol. The van der Waals surface area contributed by atoms with Crippen LogP contribution in [0.1, 0.15) is 18.1 Å². The molecule has 2 atom stereocenters. The molecule has 0 bridgehead atoms. The molecule has 2 aromatic rings. The number of carboxylic acids is 1. The zero-order valence-electron chi connectivity index (χ0n) is 14.4. The van der Waals surface area contributed by atoms with Crippen molar-refractivity contribution in [1.29, 1.82) is 0 Å². The zero-order valence-corrected chi connectivity index (χ0v) is 16.8. The number of sulfonamides is 1. The molecule has 5 nitrogen and oxygen atoms in total. The number of benzene rings is 2. The van der Waals surface area contributed by atoms with Gasteiger partial charge in [0.15, 0.2) is 0 Å². The van der Waals surface area contributed by atoms with Gasteiger partial charge in [0, 0.05) is 4.47 Å². The van der Waals surface area contributed by atoms with Crippen molar-refractivity contribution in [1.82, 2.24) is 0 Å². The van der Waals surface area contributed by atoms with E-state index >= 15 is 0 Å². The van der Waals surface area contributed by atoms with Crippen molar-refractivity contribution in [2.45, 2.75) is 30.5 Å². The number of nitrogens with zero attached hydrogens (tertiary/aromatic N) is 1. The maximum absolute atomic E-state index is 13.3. The standard InChI is InChI=1S/C18H15BrF3NO4S/c1-10-15(17(24)25)7-11-5-6-13(19)9-16(11)23(10)28(26,27)14-4-2-3-12(8-14)18(20,21)22/h2-6,8-10,15H,7H2,1H3,(H,24,25)/t10-,15-/m1/s1. The largest absolute Gasteiger partial charge is 0.481 e. The summed E-state index contributed by atoms with van der Waals surface area (Å²) in [6, 6.07) is 7.22. The predicted molar refractivity (Wildman–Crippen MR) is 99.5 cm³/mol. The van der Waals surface area contributed by atoms with Gasteiger partial charge in [0.1, 0.15) is 0 Å². The number of alkyl halides is 3. The summed E-state index contributed by atoms with van der Waals surface area (Å²) in [5.41, 5.74) is -0.358. The van der Waals surface area contributed by atoms with Crippen LogP contribution in [0.2, 0.25) is 0 Å². The average Bonchev–Trinajstić information content (AvgIpc) is 2.60. The molecule has 150 valence electrons. The van der Waals surface area contributed by atoms with Crippen LogP contribution in [0.4, 0.5) is 18.9 Å². The van der Waals surface area contributed by atoms with Crippen molar-refractivity contribution in [2.75, 3.05) is 4.31 Å². The molecule has 0 saturated heterocycles. The van der Waals surface area contributed by atoms with Crippen LogP contribution in [0.3, 0.4) is 0 Å². The molecule has 1 aliphatic rings. The van der Waals surface area contributed by atoms with E-state index in [0.29, 0.717) is 16.1 Å². The highest BCUT2D eigenvalue weighted by molar-refractivity contribution is 9.10. The van der Waals surface area contributed by atoms with E-state index in [1.165, 1.54) is 13.0 Å². The van der Waals surface area contributed by atoms with Crippen LogP contribution in [0.15, 0.2) is 51.8 Å². The number of anilines is 1. The molecular formula is C18H15BrF3NO4S. The lowest BCUT2D eigenvalue weighted by molar-refractivity contribution is -0.142. The van der Waals surface area contributed by atoms with Gasteiger partial charge in [-0.2, -0.15) is 13.2 Å². The summed E-state index contributed by atoms with van der Waals surface area (Å²) < 4.78 is 67.1. The fraction of sp³-hybridized carbons (Fsp3) is 0.278.